The molecule has 3 aromatic rings. The Kier molecular flexibility index (Phi) is 8.11. The fraction of sp³-hybridized carbons (Fsp3) is 0.296. The number of phenolic OH excluding ortho intramolecular Hbond substituents is 2. The first-order valence-corrected chi connectivity index (χ1v) is 15.0. The summed E-state index contributed by atoms with van der Waals surface area (Å²) in [5, 5.41) is 53.1. The van der Waals surface area contributed by atoms with Crippen LogP contribution >= 0.6 is 0 Å². The third-order valence-electron chi connectivity index (χ3n) is 7.21. The first-order valence-electron chi connectivity index (χ1n) is 12.6. The first kappa shape index (κ1) is 29.8. The van der Waals surface area contributed by atoms with Gasteiger partial charge in [0.2, 0.25) is 0 Å². The summed E-state index contributed by atoms with van der Waals surface area (Å²) in [5.74, 6) is -0.798. The summed E-state index contributed by atoms with van der Waals surface area (Å²) < 4.78 is 45.9. The Morgan fingerprint density at radius 2 is 1.54 bits per heavy atom. The fourth-order valence-electron chi connectivity index (χ4n) is 5.24. The summed E-state index contributed by atoms with van der Waals surface area (Å²) in [7, 11) is -4.55. The van der Waals surface area contributed by atoms with Gasteiger partial charge in [0.25, 0.3) is 0 Å². The zero-order valence-corrected chi connectivity index (χ0v) is 24.8. The molecule has 0 unspecified atom stereocenters. The Morgan fingerprint density at radius 1 is 0.976 bits per heavy atom. The minimum atomic E-state index is -4.55. The van der Waals surface area contributed by atoms with E-state index in [-0.39, 0.29) is 27.7 Å². The van der Waals surface area contributed by atoms with Crippen molar-refractivity contribution in [3.8, 4) is 17.2 Å². The Morgan fingerprint density at radius 3 is 2.05 bits per heavy atom. The van der Waals surface area contributed by atoms with Gasteiger partial charge in [0.15, 0.2) is 0 Å². The monoisotopic (exact) mass is 595 g/mol. The van der Waals surface area contributed by atoms with E-state index in [1.807, 2.05) is 0 Å². The maximum atomic E-state index is 13.8. The van der Waals surface area contributed by atoms with Crippen molar-refractivity contribution in [1.29, 1.82) is 0 Å². The SMILES string of the molecule is CC(=O)N[C@H]1[C@H](Oc2[c]([Na])ccc3c2S(=O)(=O)OC3(c2ccc(O)cc2)c2ccc(O)cc2)O[C@H](CO)[C@@H](O)[C@@H]1O. The van der Waals surface area contributed by atoms with Crippen LogP contribution < -0.4 is 12.9 Å². The number of fused-ring (bicyclic) bond motifs is 1. The van der Waals surface area contributed by atoms with Crippen LogP contribution in [-0.2, 0) is 29.4 Å². The van der Waals surface area contributed by atoms with Gasteiger partial charge in [-0.25, -0.2) is 0 Å². The van der Waals surface area contributed by atoms with Crippen LogP contribution in [0.15, 0.2) is 65.6 Å². The number of rotatable bonds is 6. The van der Waals surface area contributed by atoms with Gasteiger partial charge in [-0.05, 0) is 0 Å². The molecule has 3 aromatic carbocycles. The summed E-state index contributed by atoms with van der Waals surface area (Å²) in [6.07, 6.45) is -5.95. The van der Waals surface area contributed by atoms with Gasteiger partial charge in [0.1, 0.15) is 0 Å². The minimum absolute atomic E-state index is 0.0488. The number of aliphatic hydroxyl groups is 3. The second-order valence-electron chi connectivity index (χ2n) is 9.95. The van der Waals surface area contributed by atoms with Crippen LogP contribution in [0, 0.1) is 0 Å². The molecule has 12 nitrogen and oxygen atoms in total. The molecule has 2 aliphatic rings. The molecule has 2 heterocycles. The van der Waals surface area contributed by atoms with Crippen molar-refractivity contribution in [2.75, 3.05) is 6.61 Å². The van der Waals surface area contributed by atoms with Gasteiger partial charge in [-0.3, -0.25) is 0 Å². The zero-order chi connectivity index (χ0) is 29.7. The van der Waals surface area contributed by atoms with E-state index in [1.165, 1.54) is 55.5 Å². The third-order valence-corrected chi connectivity index (χ3v) is 9.37. The second-order valence-corrected chi connectivity index (χ2v) is 12.5. The number of benzene rings is 3. The van der Waals surface area contributed by atoms with Gasteiger partial charge in [0.05, 0.1) is 0 Å². The summed E-state index contributed by atoms with van der Waals surface area (Å²) in [6, 6.07) is 13.6. The molecule has 5 rings (SSSR count). The van der Waals surface area contributed by atoms with Crippen LogP contribution in [0.1, 0.15) is 23.6 Å². The molecule has 0 aromatic heterocycles. The predicted octanol–water partition coefficient (Wildman–Crippen LogP) is -0.775. The van der Waals surface area contributed by atoms with Crippen LogP contribution in [0.4, 0.5) is 0 Å². The summed E-state index contributed by atoms with van der Waals surface area (Å²) >= 11 is 0.298. The Hall–Kier alpha value is -2.72. The Labute approximate surface area is 252 Å². The van der Waals surface area contributed by atoms with Crippen LogP contribution in [-0.4, -0.2) is 105 Å². The van der Waals surface area contributed by atoms with Crippen molar-refractivity contribution >= 4 is 46.8 Å². The van der Waals surface area contributed by atoms with Gasteiger partial charge < -0.3 is 0 Å². The first-order chi connectivity index (χ1) is 19.4. The fourth-order valence-corrected chi connectivity index (χ4v) is 7.57. The van der Waals surface area contributed by atoms with Gasteiger partial charge in [0, 0.05) is 0 Å². The molecule has 1 amide bonds. The van der Waals surface area contributed by atoms with Crippen LogP contribution in [0.3, 0.4) is 0 Å². The van der Waals surface area contributed by atoms with Crippen molar-refractivity contribution in [3.63, 3.8) is 0 Å². The second kappa shape index (κ2) is 11.2. The average molecular weight is 596 g/mol. The number of aromatic hydroxyl groups is 2. The standard InChI is InChI=1S/C27H26NO11S.Na/c1-14(30)28-22-24(34)23(33)21(13-29)38-26(22)37-20-4-2-3-19-25(20)40(35,36)39-27(19,15-5-9-17(31)10-6-15)16-7-11-18(32)12-8-16;/h2-3,5-12,21-24,26,29,31-34H,13H2,1H3,(H,28,30);/t21-,22-,23-,24-,26-;/m1./s1. The summed E-state index contributed by atoms with van der Waals surface area (Å²) in [4.78, 5) is 11.6. The van der Waals surface area contributed by atoms with Crippen molar-refractivity contribution in [2.45, 2.75) is 48.1 Å². The van der Waals surface area contributed by atoms with Gasteiger partial charge in [-0.2, -0.15) is 0 Å². The van der Waals surface area contributed by atoms with Crippen LogP contribution in [0.25, 0.3) is 0 Å². The molecule has 0 aliphatic carbocycles. The van der Waals surface area contributed by atoms with Gasteiger partial charge in [-0.15, -0.1) is 0 Å². The molecule has 1 fully saturated rings. The molecule has 0 saturated carbocycles. The molecular weight excluding hydrogens is 569 g/mol. The summed E-state index contributed by atoms with van der Waals surface area (Å²) in [5.41, 5.74) is -0.843. The molecule has 41 heavy (non-hydrogen) atoms. The molecule has 5 atom stereocenters. The normalized spacial score (nSPS) is 26.2. The number of amides is 1. The van der Waals surface area contributed by atoms with Crippen molar-refractivity contribution in [3.05, 3.63) is 77.4 Å². The molecular formula is C27H26NNaO11S. The molecule has 212 valence electrons. The van der Waals surface area contributed by atoms with E-state index in [2.05, 4.69) is 5.32 Å². The van der Waals surface area contributed by atoms with E-state index in [0.717, 1.165) is 0 Å². The number of hydrogen-bond donors (Lipinski definition) is 6. The Bertz CT molecular complexity index is 1520. The van der Waals surface area contributed by atoms with Crippen molar-refractivity contribution < 1.29 is 52.4 Å². The maximum absolute atomic E-state index is 13.8. The molecule has 1 saturated heterocycles. The van der Waals surface area contributed by atoms with Crippen molar-refractivity contribution in [1.82, 2.24) is 5.32 Å². The van der Waals surface area contributed by atoms with Crippen LogP contribution in [0.2, 0.25) is 0 Å². The van der Waals surface area contributed by atoms with E-state index in [9.17, 15) is 38.7 Å². The Balaban J connectivity index is 1.71. The van der Waals surface area contributed by atoms with E-state index >= 15 is 0 Å². The third kappa shape index (κ3) is 5.22. The van der Waals surface area contributed by atoms with Crippen molar-refractivity contribution in [2.24, 2.45) is 0 Å². The number of phenols is 2. The number of ether oxygens (including phenoxy) is 2. The van der Waals surface area contributed by atoms with Crippen LogP contribution in [0.5, 0.6) is 17.2 Å². The number of hydrogen-bond acceptors (Lipinski definition) is 11. The quantitative estimate of drug-likeness (QED) is 0.155. The predicted molar refractivity (Wildman–Crippen MR) is 142 cm³/mol. The molecule has 0 spiro atoms. The molecule has 0 bridgehead atoms. The molecule has 2 aliphatic heterocycles. The number of carbonyl (C=O) groups excluding carboxylic acids is 1. The van der Waals surface area contributed by atoms with E-state index in [4.69, 9.17) is 13.7 Å². The zero-order valence-electron chi connectivity index (χ0n) is 22.0. The number of aliphatic hydroxyl groups excluding tert-OH is 3. The number of carbonyl (C=O) groups is 1. The summed E-state index contributed by atoms with van der Waals surface area (Å²) in [6.45, 7) is 0.506. The average Bonchev–Trinajstić information content (AvgIpc) is 3.18. The van der Waals surface area contributed by atoms with E-state index in [1.54, 1.807) is 12.1 Å². The van der Waals surface area contributed by atoms with Gasteiger partial charge in [-0.1, -0.05) is 0 Å². The number of nitrogens with one attached hydrogen (secondary N) is 1. The van der Waals surface area contributed by atoms with E-state index < -0.39 is 58.9 Å². The molecule has 14 heteroatoms. The molecule has 6 N–H and O–H groups in total. The molecule has 0 radical (unpaired) electrons. The van der Waals surface area contributed by atoms with E-state index in [0.29, 0.717) is 41.9 Å². The topological polar surface area (TPSA) is 192 Å². The van der Waals surface area contributed by atoms with Gasteiger partial charge >= 0.3 is 254 Å².